The summed E-state index contributed by atoms with van der Waals surface area (Å²) in [5.74, 6) is -1.58. The van der Waals surface area contributed by atoms with Crippen LogP contribution in [0.15, 0.2) is 0 Å². The summed E-state index contributed by atoms with van der Waals surface area (Å²) in [6.07, 6.45) is 0.417. The Bertz CT molecular complexity index is 402. The molecule has 20 heavy (non-hydrogen) atoms. The highest BCUT2D eigenvalue weighted by atomic mass is 16.5. The van der Waals surface area contributed by atoms with Crippen molar-refractivity contribution in [1.82, 2.24) is 4.90 Å². The molecule has 0 aromatic rings. The molecule has 2 aliphatic rings. The van der Waals surface area contributed by atoms with Crippen LogP contribution in [-0.4, -0.2) is 60.3 Å². The molecule has 2 heterocycles. The van der Waals surface area contributed by atoms with Crippen LogP contribution >= 0.6 is 0 Å². The Morgan fingerprint density at radius 3 is 2.20 bits per heavy atom. The van der Waals surface area contributed by atoms with E-state index in [1.165, 1.54) is 7.11 Å². The lowest BCUT2D eigenvalue weighted by molar-refractivity contribution is -0.157. The van der Waals surface area contributed by atoms with Crippen LogP contribution in [0.5, 0.6) is 0 Å². The van der Waals surface area contributed by atoms with Crippen LogP contribution in [0.25, 0.3) is 0 Å². The largest absolute Gasteiger partial charge is 0.479 e. The molecule has 0 saturated carbocycles. The summed E-state index contributed by atoms with van der Waals surface area (Å²) in [4.78, 5) is 36.1. The third-order valence-corrected chi connectivity index (χ3v) is 3.91. The number of nitrogens with zero attached hydrogens (tertiary/aromatic N) is 1. The van der Waals surface area contributed by atoms with E-state index < -0.39 is 18.2 Å². The number of aliphatic carboxylic acids is 1. The van der Waals surface area contributed by atoms with Gasteiger partial charge in [0, 0.05) is 13.1 Å². The van der Waals surface area contributed by atoms with Gasteiger partial charge in [-0.05, 0) is 25.7 Å². The predicted octanol–water partition coefficient (Wildman–Crippen LogP) is 0.0302. The predicted molar refractivity (Wildman–Crippen MR) is 66.9 cm³/mol. The lowest BCUT2D eigenvalue weighted by atomic mass is 9.96. The zero-order valence-electron chi connectivity index (χ0n) is 11.4. The van der Waals surface area contributed by atoms with Crippen LogP contribution in [0.1, 0.15) is 25.7 Å². The first kappa shape index (κ1) is 14.8. The Morgan fingerprint density at radius 1 is 1.10 bits per heavy atom. The van der Waals surface area contributed by atoms with Gasteiger partial charge in [0.15, 0.2) is 6.10 Å². The Hall–Kier alpha value is -1.63. The highest BCUT2D eigenvalue weighted by Gasteiger charge is 2.38. The van der Waals surface area contributed by atoms with Crippen LogP contribution < -0.4 is 0 Å². The number of hydrogen-bond acceptors (Lipinski definition) is 5. The molecule has 2 aliphatic heterocycles. The number of carbonyl (C=O) groups excluding carboxylic acids is 2. The highest BCUT2D eigenvalue weighted by Crippen LogP contribution is 2.24. The van der Waals surface area contributed by atoms with E-state index in [4.69, 9.17) is 14.6 Å². The topological polar surface area (TPSA) is 93.1 Å². The maximum atomic E-state index is 12.2. The van der Waals surface area contributed by atoms with Gasteiger partial charge in [-0.2, -0.15) is 0 Å². The van der Waals surface area contributed by atoms with Crippen LogP contribution in [0.2, 0.25) is 0 Å². The van der Waals surface area contributed by atoms with Gasteiger partial charge >= 0.3 is 11.9 Å². The van der Waals surface area contributed by atoms with Crippen LogP contribution in [0.4, 0.5) is 0 Å². The second kappa shape index (κ2) is 6.21. The third-order valence-electron chi connectivity index (χ3n) is 3.91. The number of esters is 1. The maximum absolute atomic E-state index is 12.2. The molecule has 0 radical (unpaired) electrons. The van der Waals surface area contributed by atoms with E-state index in [0.29, 0.717) is 38.8 Å². The molecule has 1 N–H and O–H groups in total. The van der Waals surface area contributed by atoms with Gasteiger partial charge in [0.05, 0.1) is 13.0 Å². The van der Waals surface area contributed by atoms with Gasteiger partial charge in [-0.1, -0.05) is 0 Å². The smallest absolute Gasteiger partial charge is 0.332 e. The summed E-state index contributed by atoms with van der Waals surface area (Å²) < 4.78 is 9.94. The molecule has 2 fully saturated rings. The minimum atomic E-state index is -1.02. The Morgan fingerprint density at radius 2 is 1.70 bits per heavy atom. The first-order valence-electron chi connectivity index (χ1n) is 6.77. The van der Waals surface area contributed by atoms with E-state index in [1.54, 1.807) is 4.90 Å². The number of rotatable bonds is 3. The Balaban J connectivity index is 1.83. The molecule has 0 spiro atoms. The number of methoxy groups -OCH3 is 1. The molecular weight excluding hydrogens is 266 g/mol. The average molecular weight is 285 g/mol. The van der Waals surface area contributed by atoms with Crippen LogP contribution in [-0.2, 0) is 23.9 Å². The van der Waals surface area contributed by atoms with Crippen molar-refractivity contribution in [3.05, 3.63) is 0 Å². The number of ether oxygens (including phenoxy) is 2. The quantitative estimate of drug-likeness (QED) is 0.735. The Labute approximate surface area is 116 Å². The third kappa shape index (κ3) is 3.09. The first-order chi connectivity index (χ1) is 9.52. The van der Waals surface area contributed by atoms with Gasteiger partial charge in [-0.3, -0.25) is 9.59 Å². The van der Waals surface area contributed by atoms with Gasteiger partial charge in [0.2, 0.25) is 0 Å². The van der Waals surface area contributed by atoms with Gasteiger partial charge in [0.1, 0.15) is 6.10 Å². The average Bonchev–Trinajstić information content (AvgIpc) is 2.96. The standard InChI is InChI=1S/C13H19NO6/c1-19-13(18)8-4-6-14(7-5-8)11(15)9-2-3-10(20-9)12(16)17/h8-10H,2-7H2,1H3,(H,16,17)/t9-,10+/m0/s1. The lowest BCUT2D eigenvalue weighted by Gasteiger charge is -2.32. The first-order valence-corrected chi connectivity index (χ1v) is 6.77. The van der Waals surface area contributed by atoms with Crippen LogP contribution in [0, 0.1) is 5.92 Å². The van der Waals surface area contributed by atoms with Crippen molar-refractivity contribution in [3.63, 3.8) is 0 Å². The molecule has 0 bridgehead atoms. The van der Waals surface area contributed by atoms with Crippen molar-refractivity contribution in [3.8, 4) is 0 Å². The molecule has 0 unspecified atom stereocenters. The second-order valence-electron chi connectivity index (χ2n) is 5.15. The fourth-order valence-corrected chi connectivity index (χ4v) is 2.71. The molecule has 2 saturated heterocycles. The zero-order valence-corrected chi connectivity index (χ0v) is 11.4. The summed E-state index contributed by atoms with van der Waals surface area (Å²) in [6, 6.07) is 0. The fraction of sp³-hybridized carbons (Fsp3) is 0.769. The van der Waals surface area contributed by atoms with Crippen molar-refractivity contribution in [2.24, 2.45) is 5.92 Å². The summed E-state index contributed by atoms with van der Waals surface area (Å²) in [5.41, 5.74) is 0. The molecule has 112 valence electrons. The van der Waals surface area contributed by atoms with Crippen LogP contribution in [0.3, 0.4) is 0 Å². The molecular formula is C13H19NO6. The second-order valence-corrected chi connectivity index (χ2v) is 5.15. The molecule has 0 aromatic heterocycles. The van der Waals surface area contributed by atoms with Crippen molar-refractivity contribution < 1.29 is 29.0 Å². The fourth-order valence-electron chi connectivity index (χ4n) is 2.71. The summed E-state index contributed by atoms with van der Waals surface area (Å²) >= 11 is 0. The maximum Gasteiger partial charge on any atom is 0.332 e. The van der Waals surface area contributed by atoms with Crippen molar-refractivity contribution in [2.45, 2.75) is 37.9 Å². The molecule has 0 aliphatic carbocycles. The summed E-state index contributed by atoms with van der Waals surface area (Å²) in [5, 5.41) is 8.84. The van der Waals surface area contributed by atoms with E-state index in [0.717, 1.165) is 0 Å². The molecule has 1 amide bonds. The number of hydrogen-bond donors (Lipinski definition) is 1. The van der Waals surface area contributed by atoms with E-state index in [2.05, 4.69) is 0 Å². The SMILES string of the molecule is COC(=O)C1CCN(C(=O)[C@@H]2CC[C@H](C(=O)O)O2)CC1. The lowest BCUT2D eigenvalue weighted by Crippen LogP contribution is -2.45. The van der Waals surface area contributed by atoms with E-state index in [-0.39, 0.29) is 17.8 Å². The normalized spacial score (nSPS) is 27.4. The number of amides is 1. The minimum Gasteiger partial charge on any atom is -0.479 e. The van der Waals surface area contributed by atoms with E-state index >= 15 is 0 Å². The van der Waals surface area contributed by atoms with Gasteiger partial charge < -0.3 is 19.5 Å². The number of carboxylic acid groups (broad SMARTS) is 1. The van der Waals surface area contributed by atoms with Crippen molar-refractivity contribution >= 4 is 17.8 Å². The number of carbonyl (C=O) groups is 3. The summed E-state index contributed by atoms with van der Waals surface area (Å²) in [6.45, 7) is 0.965. The molecule has 7 nitrogen and oxygen atoms in total. The monoisotopic (exact) mass is 285 g/mol. The number of likely N-dealkylation sites (tertiary alicyclic amines) is 1. The molecule has 7 heteroatoms. The highest BCUT2D eigenvalue weighted by molar-refractivity contribution is 5.83. The van der Waals surface area contributed by atoms with Gasteiger partial charge in [-0.15, -0.1) is 0 Å². The number of piperidine rings is 1. The zero-order chi connectivity index (χ0) is 14.7. The molecule has 0 aromatic carbocycles. The molecule has 2 atom stereocenters. The van der Waals surface area contributed by atoms with Gasteiger partial charge in [0.25, 0.3) is 5.91 Å². The van der Waals surface area contributed by atoms with Gasteiger partial charge in [-0.25, -0.2) is 4.79 Å². The summed E-state index contributed by atoms with van der Waals surface area (Å²) in [7, 11) is 1.36. The van der Waals surface area contributed by atoms with Crippen molar-refractivity contribution in [1.29, 1.82) is 0 Å². The number of carboxylic acids is 1. The van der Waals surface area contributed by atoms with E-state index in [9.17, 15) is 14.4 Å². The molecule has 2 rings (SSSR count). The Kier molecular flexibility index (Phi) is 4.59. The minimum absolute atomic E-state index is 0.152. The van der Waals surface area contributed by atoms with Crippen molar-refractivity contribution in [2.75, 3.05) is 20.2 Å². The van der Waals surface area contributed by atoms with E-state index in [1.807, 2.05) is 0 Å².